The van der Waals surface area contributed by atoms with Crippen molar-refractivity contribution < 1.29 is 42.9 Å². The van der Waals surface area contributed by atoms with E-state index < -0.39 is 23.6 Å². The number of para-hydroxylation sites is 3. The monoisotopic (exact) mass is 608 g/mol. The summed E-state index contributed by atoms with van der Waals surface area (Å²) in [5.74, 6) is -0.265. The fourth-order valence-electron chi connectivity index (χ4n) is 4.33. The Labute approximate surface area is 255 Å². The molecule has 13 nitrogen and oxygen atoms in total. The van der Waals surface area contributed by atoms with E-state index in [1.165, 1.54) is 47.7 Å². The molecule has 0 atom stereocenters. The molecule has 0 aliphatic rings. The first-order valence-corrected chi connectivity index (χ1v) is 13.5. The lowest BCUT2D eigenvalue weighted by Gasteiger charge is -2.15. The number of benzene rings is 3. The van der Waals surface area contributed by atoms with E-state index in [9.17, 15) is 19.2 Å². The molecule has 3 aromatic carbocycles. The van der Waals surface area contributed by atoms with Crippen molar-refractivity contribution in [3.8, 4) is 28.7 Å². The predicted molar refractivity (Wildman–Crippen MR) is 161 cm³/mol. The summed E-state index contributed by atoms with van der Waals surface area (Å²) in [6, 6.07) is 14.5. The normalized spacial score (nSPS) is 10.2. The summed E-state index contributed by atoms with van der Waals surface area (Å²) in [5.41, 5.74) is 0.857. The van der Waals surface area contributed by atoms with Crippen LogP contribution in [-0.4, -0.2) is 85.4 Å². The van der Waals surface area contributed by atoms with E-state index in [4.69, 9.17) is 23.7 Å². The van der Waals surface area contributed by atoms with Crippen molar-refractivity contribution in [3.63, 3.8) is 0 Å². The highest BCUT2D eigenvalue weighted by Crippen LogP contribution is 2.31. The Morgan fingerprint density at radius 2 is 0.705 bits per heavy atom. The zero-order chi connectivity index (χ0) is 32.1. The van der Waals surface area contributed by atoms with Crippen LogP contribution in [0.2, 0.25) is 0 Å². The molecule has 234 valence electrons. The molecule has 0 radical (unpaired) electrons. The van der Waals surface area contributed by atoms with Gasteiger partial charge in [0.05, 0.1) is 57.8 Å². The van der Waals surface area contributed by atoms with E-state index in [1.54, 1.807) is 42.5 Å². The van der Waals surface area contributed by atoms with Crippen molar-refractivity contribution in [1.82, 2.24) is 21.3 Å². The molecule has 0 aliphatic heterocycles. The first-order chi connectivity index (χ1) is 21.3. The third-order valence-electron chi connectivity index (χ3n) is 6.40. The Bertz CT molecular complexity index is 1390. The summed E-state index contributed by atoms with van der Waals surface area (Å²) in [4.78, 5) is 51.1. The van der Waals surface area contributed by atoms with E-state index in [2.05, 4.69) is 21.3 Å². The second-order valence-corrected chi connectivity index (χ2v) is 8.99. The number of carbonyl (C=O) groups is 4. The van der Waals surface area contributed by atoms with Crippen LogP contribution in [0.5, 0.6) is 28.7 Å². The Morgan fingerprint density at radius 1 is 0.432 bits per heavy atom. The second-order valence-electron chi connectivity index (χ2n) is 8.99. The smallest absolute Gasteiger partial charge is 0.255 e. The average Bonchev–Trinajstić information content (AvgIpc) is 3.06. The molecular formula is C31H36N4O9. The quantitative estimate of drug-likeness (QED) is 0.189. The van der Waals surface area contributed by atoms with Crippen LogP contribution in [0.3, 0.4) is 0 Å². The molecule has 0 unspecified atom stereocenters. The molecule has 0 bridgehead atoms. The van der Waals surface area contributed by atoms with Crippen LogP contribution in [0.15, 0.2) is 54.6 Å². The Hall–Kier alpha value is -5.46. The van der Waals surface area contributed by atoms with Crippen LogP contribution in [0.25, 0.3) is 0 Å². The van der Waals surface area contributed by atoms with Gasteiger partial charge in [-0.15, -0.1) is 0 Å². The van der Waals surface area contributed by atoms with Crippen molar-refractivity contribution in [2.75, 3.05) is 61.7 Å². The summed E-state index contributed by atoms with van der Waals surface area (Å²) < 4.78 is 26.4. The lowest BCUT2D eigenvalue weighted by molar-refractivity contribution is 0.0918. The third-order valence-corrected chi connectivity index (χ3v) is 6.40. The highest BCUT2D eigenvalue weighted by atomic mass is 16.5. The number of carbonyl (C=O) groups excluding carboxylic acids is 4. The van der Waals surface area contributed by atoms with Crippen LogP contribution in [0.4, 0.5) is 0 Å². The Balaban J connectivity index is 1.54. The molecule has 0 aliphatic carbocycles. The largest absolute Gasteiger partial charge is 0.495 e. The van der Waals surface area contributed by atoms with Crippen molar-refractivity contribution in [1.29, 1.82) is 0 Å². The minimum atomic E-state index is -0.496. The SMILES string of the molecule is COc1cccc(C(=O)NCCNC(=O)c2cccc(C(=O)NCCNC(=O)c3cccc(OC)c3OC)c2OC)c1OC. The molecule has 0 heterocycles. The van der Waals surface area contributed by atoms with Gasteiger partial charge in [-0.05, 0) is 36.4 Å². The van der Waals surface area contributed by atoms with Gasteiger partial charge in [0.25, 0.3) is 23.6 Å². The fourth-order valence-corrected chi connectivity index (χ4v) is 4.33. The zero-order valence-corrected chi connectivity index (χ0v) is 25.2. The van der Waals surface area contributed by atoms with E-state index in [0.717, 1.165) is 0 Å². The molecule has 44 heavy (non-hydrogen) atoms. The molecule has 3 aromatic rings. The number of nitrogens with one attached hydrogen (secondary N) is 4. The maximum absolute atomic E-state index is 12.9. The summed E-state index contributed by atoms with van der Waals surface area (Å²) >= 11 is 0. The maximum atomic E-state index is 12.9. The number of ether oxygens (including phenoxy) is 5. The summed E-state index contributed by atoms with van der Waals surface area (Å²) in [7, 11) is 7.19. The van der Waals surface area contributed by atoms with Crippen LogP contribution >= 0.6 is 0 Å². The fraction of sp³-hybridized carbons (Fsp3) is 0.290. The van der Waals surface area contributed by atoms with E-state index in [-0.39, 0.29) is 54.2 Å². The highest BCUT2D eigenvalue weighted by molar-refractivity contribution is 6.04. The molecule has 0 spiro atoms. The van der Waals surface area contributed by atoms with Crippen molar-refractivity contribution in [3.05, 3.63) is 76.9 Å². The molecule has 0 saturated heterocycles. The predicted octanol–water partition coefficient (Wildman–Crippen LogP) is 2.05. The maximum Gasteiger partial charge on any atom is 0.255 e. The van der Waals surface area contributed by atoms with Gasteiger partial charge in [0.1, 0.15) is 5.75 Å². The first kappa shape index (κ1) is 33.0. The average molecular weight is 609 g/mol. The lowest BCUT2D eigenvalue weighted by atomic mass is 10.1. The van der Waals surface area contributed by atoms with Crippen LogP contribution in [0, 0.1) is 0 Å². The van der Waals surface area contributed by atoms with E-state index in [1.807, 2.05) is 0 Å². The molecular weight excluding hydrogens is 572 g/mol. The van der Waals surface area contributed by atoms with Crippen molar-refractivity contribution >= 4 is 23.6 Å². The minimum absolute atomic E-state index is 0.0813. The van der Waals surface area contributed by atoms with Gasteiger partial charge in [-0.1, -0.05) is 18.2 Å². The molecule has 0 aromatic heterocycles. The van der Waals surface area contributed by atoms with Gasteiger partial charge < -0.3 is 45.0 Å². The van der Waals surface area contributed by atoms with Gasteiger partial charge in [-0.3, -0.25) is 19.2 Å². The first-order valence-electron chi connectivity index (χ1n) is 13.5. The van der Waals surface area contributed by atoms with Crippen LogP contribution in [-0.2, 0) is 0 Å². The minimum Gasteiger partial charge on any atom is -0.495 e. The molecule has 13 heteroatoms. The van der Waals surface area contributed by atoms with Gasteiger partial charge in [0.15, 0.2) is 23.0 Å². The van der Waals surface area contributed by atoms with Crippen LogP contribution < -0.4 is 45.0 Å². The number of rotatable bonds is 15. The highest BCUT2D eigenvalue weighted by Gasteiger charge is 2.21. The van der Waals surface area contributed by atoms with Gasteiger partial charge in [-0.25, -0.2) is 0 Å². The molecule has 0 fully saturated rings. The van der Waals surface area contributed by atoms with Gasteiger partial charge in [0, 0.05) is 26.2 Å². The van der Waals surface area contributed by atoms with Crippen molar-refractivity contribution in [2.45, 2.75) is 0 Å². The zero-order valence-electron chi connectivity index (χ0n) is 25.2. The van der Waals surface area contributed by atoms with Gasteiger partial charge >= 0.3 is 0 Å². The van der Waals surface area contributed by atoms with Crippen LogP contribution in [0.1, 0.15) is 41.4 Å². The Morgan fingerprint density at radius 3 is 0.977 bits per heavy atom. The summed E-state index contributed by atoms with van der Waals surface area (Å²) in [5, 5.41) is 10.9. The Kier molecular flexibility index (Phi) is 12.2. The van der Waals surface area contributed by atoms with Gasteiger partial charge in [0.2, 0.25) is 0 Å². The summed E-state index contributed by atoms with van der Waals surface area (Å²) in [6.45, 7) is 0.462. The molecule has 4 N–H and O–H groups in total. The van der Waals surface area contributed by atoms with E-state index in [0.29, 0.717) is 23.0 Å². The topological polar surface area (TPSA) is 163 Å². The molecule has 4 amide bonds. The number of amides is 4. The third kappa shape index (κ3) is 7.88. The summed E-state index contributed by atoms with van der Waals surface area (Å²) in [6.07, 6.45) is 0. The van der Waals surface area contributed by atoms with Crippen molar-refractivity contribution in [2.24, 2.45) is 0 Å². The standard InChI is InChI=1S/C31H36N4O9/c1-40-23-13-7-11-21(26(23)43-4)30(38)34-17-15-32-28(36)19-9-6-10-20(25(19)42-3)29(37)33-16-18-35-31(39)22-12-8-14-24(41-2)27(22)44-5/h6-14H,15-18H2,1-5H3,(H,32,36)(H,33,37)(H,34,38)(H,35,39). The van der Waals surface area contributed by atoms with E-state index >= 15 is 0 Å². The van der Waals surface area contributed by atoms with Gasteiger partial charge in [-0.2, -0.15) is 0 Å². The number of methoxy groups -OCH3 is 5. The molecule has 3 rings (SSSR count). The number of hydrogen-bond acceptors (Lipinski definition) is 9. The second kappa shape index (κ2) is 16.2. The lowest BCUT2D eigenvalue weighted by Crippen LogP contribution is -2.36. The number of hydrogen-bond donors (Lipinski definition) is 4. The molecule has 0 saturated carbocycles.